The molecule has 90 valence electrons. The molecule has 0 spiro atoms. The summed E-state index contributed by atoms with van der Waals surface area (Å²) in [6.07, 6.45) is 1.77. The van der Waals surface area contributed by atoms with E-state index < -0.39 is 21.0 Å². The van der Waals surface area contributed by atoms with Crippen LogP contribution in [0.4, 0.5) is 0 Å². The fourth-order valence-electron chi connectivity index (χ4n) is 1.64. The van der Waals surface area contributed by atoms with E-state index in [9.17, 15) is 13.2 Å². The van der Waals surface area contributed by atoms with Crippen LogP contribution in [0.25, 0.3) is 10.4 Å². The molecule has 8 heteroatoms. The van der Waals surface area contributed by atoms with E-state index in [0.717, 1.165) is 6.42 Å². The van der Waals surface area contributed by atoms with Gasteiger partial charge in [0.15, 0.2) is 9.84 Å². The lowest BCUT2D eigenvalue weighted by Crippen LogP contribution is -2.43. The summed E-state index contributed by atoms with van der Waals surface area (Å²) in [7, 11) is -3.28. The molecule has 1 atom stereocenters. The molecule has 0 saturated carbocycles. The molecule has 1 amide bonds. The molecule has 0 aliphatic carbocycles. The Hall–Kier alpha value is -1.27. The highest BCUT2D eigenvalue weighted by Crippen LogP contribution is 2.19. The molecule has 1 aliphatic heterocycles. The second-order valence-corrected chi connectivity index (χ2v) is 5.90. The minimum absolute atomic E-state index is 0.0848. The third-order valence-electron chi connectivity index (χ3n) is 2.45. The van der Waals surface area contributed by atoms with Gasteiger partial charge in [-0.05, 0) is 18.4 Å². The van der Waals surface area contributed by atoms with Gasteiger partial charge in [-0.2, -0.15) is 0 Å². The second kappa shape index (κ2) is 5.72. The summed E-state index contributed by atoms with van der Waals surface area (Å²) in [5, 5.41) is 4.78. The van der Waals surface area contributed by atoms with Gasteiger partial charge in [0.05, 0.1) is 5.75 Å². The standard InChI is InChI=1S/C8H14N4O3S/c9-12-11-5-4-10-8(13)7-3-1-2-6-16(7,14)15/h7H,1-6H2,(H,10,13). The van der Waals surface area contributed by atoms with E-state index in [4.69, 9.17) is 5.53 Å². The Balaban J connectivity index is 2.49. The van der Waals surface area contributed by atoms with Crippen LogP contribution in [-0.2, 0) is 14.6 Å². The van der Waals surface area contributed by atoms with Crippen molar-refractivity contribution in [3.8, 4) is 0 Å². The van der Waals surface area contributed by atoms with Crippen LogP contribution in [-0.4, -0.2) is 38.4 Å². The van der Waals surface area contributed by atoms with Crippen molar-refractivity contribution in [2.45, 2.75) is 24.5 Å². The normalized spacial score (nSPS) is 23.1. The van der Waals surface area contributed by atoms with Crippen LogP contribution >= 0.6 is 0 Å². The van der Waals surface area contributed by atoms with Crippen molar-refractivity contribution in [3.05, 3.63) is 10.4 Å². The smallest absolute Gasteiger partial charge is 0.238 e. The van der Waals surface area contributed by atoms with Crippen molar-refractivity contribution >= 4 is 15.7 Å². The number of sulfone groups is 1. The molecule has 1 rings (SSSR count). The predicted octanol–water partition coefficient (Wildman–Crippen LogP) is 0.380. The topological polar surface area (TPSA) is 112 Å². The van der Waals surface area contributed by atoms with Gasteiger partial charge in [0.25, 0.3) is 0 Å². The van der Waals surface area contributed by atoms with Crippen LogP contribution in [0.2, 0.25) is 0 Å². The number of azide groups is 1. The van der Waals surface area contributed by atoms with Gasteiger partial charge in [-0.15, -0.1) is 0 Å². The van der Waals surface area contributed by atoms with E-state index in [1.165, 1.54) is 0 Å². The van der Waals surface area contributed by atoms with Crippen molar-refractivity contribution in [3.63, 3.8) is 0 Å². The Labute approximate surface area is 93.8 Å². The predicted molar refractivity (Wildman–Crippen MR) is 58.4 cm³/mol. The number of carbonyl (C=O) groups excluding carboxylic acids is 1. The SMILES string of the molecule is [N-]=[N+]=NCCNC(=O)C1CCCCS1(=O)=O. The minimum atomic E-state index is -3.28. The molecule has 7 nitrogen and oxygen atoms in total. The quantitative estimate of drug-likeness (QED) is 0.335. The molecular weight excluding hydrogens is 232 g/mol. The Kier molecular flexibility index (Phi) is 4.57. The number of hydrogen-bond donors (Lipinski definition) is 1. The first-order valence-electron chi connectivity index (χ1n) is 5.08. The van der Waals surface area contributed by atoms with E-state index in [1.54, 1.807) is 0 Å². The first kappa shape index (κ1) is 12.8. The van der Waals surface area contributed by atoms with Gasteiger partial charge >= 0.3 is 0 Å². The molecule has 0 aromatic carbocycles. The summed E-state index contributed by atoms with van der Waals surface area (Å²) in [6.45, 7) is 0.309. The number of carbonyl (C=O) groups is 1. The number of rotatable bonds is 4. The van der Waals surface area contributed by atoms with Gasteiger partial charge in [0.1, 0.15) is 5.25 Å². The molecule has 0 radical (unpaired) electrons. The lowest BCUT2D eigenvalue weighted by molar-refractivity contribution is -0.120. The summed E-state index contributed by atoms with van der Waals surface area (Å²) in [6, 6.07) is 0. The first-order chi connectivity index (χ1) is 7.58. The molecule has 16 heavy (non-hydrogen) atoms. The molecule has 1 aliphatic rings. The van der Waals surface area contributed by atoms with Crippen LogP contribution in [0.1, 0.15) is 19.3 Å². The number of hydrogen-bond acceptors (Lipinski definition) is 4. The molecule has 1 N–H and O–H groups in total. The maximum absolute atomic E-state index is 11.6. The monoisotopic (exact) mass is 246 g/mol. The Bertz CT molecular complexity index is 400. The average Bonchev–Trinajstić information content (AvgIpc) is 2.23. The van der Waals surface area contributed by atoms with E-state index in [-0.39, 0.29) is 18.8 Å². The first-order valence-corrected chi connectivity index (χ1v) is 6.79. The average molecular weight is 246 g/mol. The molecule has 1 unspecified atom stereocenters. The summed E-state index contributed by atoms with van der Waals surface area (Å²) < 4.78 is 23.1. The van der Waals surface area contributed by atoms with E-state index in [0.29, 0.717) is 12.8 Å². The van der Waals surface area contributed by atoms with Crippen LogP contribution in [0, 0.1) is 0 Å². The zero-order chi connectivity index (χ0) is 12.0. The lowest BCUT2D eigenvalue weighted by atomic mass is 10.2. The van der Waals surface area contributed by atoms with Crippen LogP contribution in [0.15, 0.2) is 5.11 Å². The number of amides is 1. The second-order valence-electron chi connectivity index (χ2n) is 3.60. The fourth-order valence-corrected chi connectivity index (χ4v) is 3.46. The van der Waals surface area contributed by atoms with E-state index in [2.05, 4.69) is 15.3 Å². The van der Waals surface area contributed by atoms with Gasteiger partial charge < -0.3 is 5.32 Å². The van der Waals surface area contributed by atoms with Crippen molar-refractivity contribution in [1.82, 2.24) is 5.32 Å². The van der Waals surface area contributed by atoms with Crippen LogP contribution < -0.4 is 5.32 Å². The van der Waals surface area contributed by atoms with Crippen molar-refractivity contribution in [2.24, 2.45) is 5.11 Å². The highest BCUT2D eigenvalue weighted by Gasteiger charge is 2.34. The third-order valence-corrected chi connectivity index (χ3v) is 4.62. The maximum Gasteiger partial charge on any atom is 0.238 e. The molecule has 0 aromatic heterocycles. The van der Waals surface area contributed by atoms with Crippen LogP contribution in [0.3, 0.4) is 0 Å². The highest BCUT2D eigenvalue weighted by molar-refractivity contribution is 7.92. The van der Waals surface area contributed by atoms with E-state index in [1.807, 2.05) is 0 Å². The van der Waals surface area contributed by atoms with E-state index >= 15 is 0 Å². The summed E-state index contributed by atoms with van der Waals surface area (Å²) >= 11 is 0. The van der Waals surface area contributed by atoms with Crippen molar-refractivity contribution < 1.29 is 13.2 Å². The fraction of sp³-hybridized carbons (Fsp3) is 0.875. The number of nitrogens with one attached hydrogen (secondary N) is 1. The molecule has 1 saturated heterocycles. The largest absolute Gasteiger partial charge is 0.355 e. The Morgan fingerprint density at radius 3 is 2.88 bits per heavy atom. The van der Waals surface area contributed by atoms with Crippen LogP contribution in [0.5, 0.6) is 0 Å². The zero-order valence-electron chi connectivity index (χ0n) is 8.79. The Morgan fingerprint density at radius 1 is 1.50 bits per heavy atom. The Morgan fingerprint density at radius 2 is 2.25 bits per heavy atom. The molecule has 0 aromatic rings. The highest BCUT2D eigenvalue weighted by atomic mass is 32.2. The minimum Gasteiger partial charge on any atom is -0.355 e. The number of nitrogens with zero attached hydrogens (tertiary/aromatic N) is 3. The third kappa shape index (κ3) is 3.39. The lowest BCUT2D eigenvalue weighted by Gasteiger charge is -2.21. The molecule has 1 fully saturated rings. The van der Waals surface area contributed by atoms with Gasteiger partial charge in [0, 0.05) is 18.0 Å². The van der Waals surface area contributed by atoms with Crippen molar-refractivity contribution in [1.29, 1.82) is 0 Å². The molecule has 1 heterocycles. The maximum atomic E-state index is 11.6. The van der Waals surface area contributed by atoms with Gasteiger partial charge in [-0.1, -0.05) is 11.5 Å². The summed E-state index contributed by atoms with van der Waals surface area (Å²) in [5.41, 5.74) is 8.01. The molecular formula is C8H14N4O3S. The van der Waals surface area contributed by atoms with Gasteiger partial charge in [-0.3, -0.25) is 4.79 Å². The summed E-state index contributed by atoms with van der Waals surface area (Å²) in [5.74, 6) is -0.394. The summed E-state index contributed by atoms with van der Waals surface area (Å²) in [4.78, 5) is 14.1. The van der Waals surface area contributed by atoms with Crippen molar-refractivity contribution in [2.75, 3.05) is 18.8 Å². The zero-order valence-corrected chi connectivity index (χ0v) is 9.61. The molecule has 0 bridgehead atoms. The van der Waals surface area contributed by atoms with Gasteiger partial charge in [-0.25, -0.2) is 8.42 Å². The van der Waals surface area contributed by atoms with Gasteiger partial charge in [0.2, 0.25) is 5.91 Å².